The fraction of sp³-hybridized carbons (Fsp3) is 0.900. The molecular weight excluding hydrogens is 1290 g/mol. The van der Waals surface area contributed by atoms with Crippen molar-refractivity contribution < 1.29 is 80.2 Å². The van der Waals surface area contributed by atoms with Gasteiger partial charge in [0.15, 0.2) is 12.2 Å². The lowest BCUT2D eigenvalue weighted by atomic mass is 10.0. The molecule has 3 unspecified atom stereocenters. The van der Waals surface area contributed by atoms with Gasteiger partial charge in [-0.25, -0.2) is 9.13 Å². The van der Waals surface area contributed by atoms with E-state index in [0.29, 0.717) is 31.6 Å². The number of hydrogen-bond acceptors (Lipinski definition) is 15. The van der Waals surface area contributed by atoms with Crippen LogP contribution in [0.4, 0.5) is 0 Å². The van der Waals surface area contributed by atoms with Gasteiger partial charge in [0.2, 0.25) is 0 Å². The number of carbonyl (C=O) groups is 4. The molecule has 0 radical (unpaired) electrons. The Morgan fingerprint density at radius 1 is 0.313 bits per heavy atom. The monoisotopic (exact) mass is 1450 g/mol. The Kier molecular flexibility index (Phi) is 68.1. The molecule has 5 atom stereocenters. The molecule has 0 aromatic heterocycles. The molecular formula is C80H152O17P2. The third-order valence-corrected chi connectivity index (χ3v) is 19.9. The van der Waals surface area contributed by atoms with Crippen molar-refractivity contribution in [3.05, 3.63) is 24.3 Å². The molecule has 99 heavy (non-hydrogen) atoms. The fourth-order valence-electron chi connectivity index (χ4n) is 11.8. The molecule has 0 bridgehead atoms. The summed E-state index contributed by atoms with van der Waals surface area (Å²) in [6, 6.07) is 0. The van der Waals surface area contributed by atoms with Crippen LogP contribution in [0, 0.1) is 17.8 Å². The molecule has 0 aliphatic carbocycles. The van der Waals surface area contributed by atoms with Crippen molar-refractivity contribution in [2.75, 3.05) is 39.6 Å². The number of allylic oxidation sites excluding steroid dienone is 4. The van der Waals surface area contributed by atoms with Crippen molar-refractivity contribution in [3.63, 3.8) is 0 Å². The number of rotatable bonds is 76. The highest BCUT2D eigenvalue weighted by Crippen LogP contribution is 2.45. The maximum Gasteiger partial charge on any atom is 0.472 e. The summed E-state index contributed by atoms with van der Waals surface area (Å²) < 4.78 is 68.6. The zero-order valence-corrected chi connectivity index (χ0v) is 66.2. The number of unbranched alkanes of at least 4 members (excludes halogenated alkanes) is 41. The first-order chi connectivity index (χ1) is 47.7. The summed E-state index contributed by atoms with van der Waals surface area (Å²) in [5, 5.41) is 10.6. The van der Waals surface area contributed by atoms with Gasteiger partial charge in [-0.15, -0.1) is 0 Å². The van der Waals surface area contributed by atoms with Crippen molar-refractivity contribution >= 4 is 39.5 Å². The zero-order valence-electron chi connectivity index (χ0n) is 64.4. The molecule has 0 saturated carbocycles. The predicted molar refractivity (Wildman–Crippen MR) is 404 cm³/mol. The van der Waals surface area contributed by atoms with Crippen LogP contribution in [-0.2, 0) is 65.4 Å². The Balaban J connectivity index is 5.26. The van der Waals surface area contributed by atoms with E-state index in [2.05, 4.69) is 72.8 Å². The van der Waals surface area contributed by atoms with Gasteiger partial charge in [0.1, 0.15) is 19.3 Å². The quantitative estimate of drug-likeness (QED) is 0.0169. The number of phosphoric acid groups is 2. The van der Waals surface area contributed by atoms with Crippen LogP contribution in [0.25, 0.3) is 0 Å². The van der Waals surface area contributed by atoms with Crippen LogP contribution in [0.2, 0.25) is 0 Å². The molecule has 0 amide bonds. The summed E-state index contributed by atoms with van der Waals surface area (Å²) in [4.78, 5) is 72.9. The molecule has 19 heteroatoms. The highest BCUT2D eigenvalue weighted by Gasteiger charge is 2.30. The number of carbonyl (C=O) groups excluding carboxylic acids is 4. The molecule has 0 spiro atoms. The van der Waals surface area contributed by atoms with Crippen molar-refractivity contribution in [1.29, 1.82) is 0 Å². The van der Waals surface area contributed by atoms with Crippen LogP contribution >= 0.6 is 15.6 Å². The number of esters is 4. The van der Waals surface area contributed by atoms with Crippen molar-refractivity contribution in [3.8, 4) is 0 Å². The van der Waals surface area contributed by atoms with Gasteiger partial charge in [-0.3, -0.25) is 37.3 Å². The van der Waals surface area contributed by atoms with Gasteiger partial charge in [-0.1, -0.05) is 336 Å². The Morgan fingerprint density at radius 2 is 0.545 bits per heavy atom. The Hall–Kier alpha value is -2.46. The fourth-order valence-corrected chi connectivity index (χ4v) is 13.3. The minimum atomic E-state index is -4.97. The van der Waals surface area contributed by atoms with Gasteiger partial charge in [-0.2, -0.15) is 0 Å². The minimum Gasteiger partial charge on any atom is -0.462 e. The Labute approximate surface area is 605 Å². The number of aliphatic hydroxyl groups excluding tert-OH is 1. The molecule has 0 rings (SSSR count). The van der Waals surface area contributed by atoms with Gasteiger partial charge >= 0.3 is 39.5 Å². The summed E-state index contributed by atoms with van der Waals surface area (Å²) in [5.41, 5.74) is 0. The van der Waals surface area contributed by atoms with Crippen LogP contribution in [0.3, 0.4) is 0 Å². The lowest BCUT2D eigenvalue weighted by molar-refractivity contribution is -0.161. The van der Waals surface area contributed by atoms with Crippen LogP contribution < -0.4 is 0 Å². The molecule has 3 N–H and O–H groups in total. The topological polar surface area (TPSA) is 237 Å². The van der Waals surface area contributed by atoms with E-state index in [4.69, 9.17) is 37.0 Å². The molecule has 0 aliphatic rings. The summed E-state index contributed by atoms with van der Waals surface area (Å²) in [7, 11) is -9.93. The van der Waals surface area contributed by atoms with E-state index >= 15 is 0 Å². The van der Waals surface area contributed by atoms with Crippen molar-refractivity contribution in [1.82, 2.24) is 0 Å². The van der Waals surface area contributed by atoms with Crippen LogP contribution in [-0.4, -0.2) is 96.7 Å². The van der Waals surface area contributed by atoms with Crippen LogP contribution in [0.15, 0.2) is 24.3 Å². The second-order valence-electron chi connectivity index (χ2n) is 29.5. The second kappa shape index (κ2) is 69.9. The summed E-state index contributed by atoms with van der Waals surface area (Å²) in [6.07, 6.45) is 60.5. The number of hydrogen-bond donors (Lipinski definition) is 3. The van der Waals surface area contributed by atoms with E-state index in [0.717, 1.165) is 127 Å². The van der Waals surface area contributed by atoms with E-state index in [1.165, 1.54) is 173 Å². The van der Waals surface area contributed by atoms with E-state index in [1.54, 1.807) is 0 Å². The standard InChI is InChI=1S/C80H152O17P2/c1-8-9-10-11-12-13-14-15-18-22-28-33-40-47-54-61-77(82)90-67-75(96-80(85)64-57-50-42-35-30-25-24-27-32-38-45-52-59-72(4)5)69-94-98(86,87)92-65-74(81)66-93-99(88,89)95-70-76(68-91-78(83)62-55-48-43-36-39-46-53-60-73(6)7)97-79(84)63-56-49-41-34-29-23-20-17-16-19-21-26-31-37-44-51-58-71(2)3/h13-15,18,71-76,81H,8-12,16-17,19-70H2,1-7H3,(H,86,87)(H,88,89)/b14-13-,18-15-/t74?,75-,76-/m1/s1. The lowest BCUT2D eigenvalue weighted by Crippen LogP contribution is -2.30. The molecule has 0 aliphatic heterocycles. The predicted octanol–water partition coefficient (Wildman–Crippen LogP) is 23.3. The summed E-state index contributed by atoms with van der Waals surface area (Å²) >= 11 is 0. The molecule has 0 aromatic rings. The molecule has 0 heterocycles. The smallest absolute Gasteiger partial charge is 0.462 e. The van der Waals surface area contributed by atoms with E-state index in [1.807, 2.05) is 0 Å². The van der Waals surface area contributed by atoms with Crippen molar-refractivity contribution in [2.24, 2.45) is 17.8 Å². The third-order valence-electron chi connectivity index (χ3n) is 18.0. The van der Waals surface area contributed by atoms with Gasteiger partial charge < -0.3 is 33.8 Å². The first-order valence-corrected chi connectivity index (χ1v) is 43.7. The summed E-state index contributed by atoms with van der Waals surface area (Å²) in [5.74, 6) is 0.142. The van der Waals surface area contributed by atoms with Gasteiger partial charge in [-0.05, 0) is 69.1 Å². The second-order valence-corrected chi connectivity index (χ2v) is 32.5. The largest absolute Gasteiger partial charge is 0.472 e. The zero-order chi connectivity index (χ0) is 73.0. The highest BCUT2D eigenvalue weighted by molar-refractivity contribution is 7.47. The average molecular weight is 1450 g/mol. The highest BCUT2D eigenvalue weighted by atomic mass is 31.2. The maximum absolute atomic E-state index is 13.1. The number of aliphatic hydroxyl groups is 1. The Morgan fingerprint density at radius 3 is 0.818 bits per heavy atom. The normalized spacial score (nSPS) is 14.2. The molecule has 0 saturated heterocycles. The van der Waals surface area contributed by atoms with Gasteiger partial charge in [0, 0.05) is 25.7 Å². The Bertz CT molecular complexity index is 2020. The molecule has 584 valence electrons. The summed E-state index contributed by atoms with van der Waals surface area (Å²) in [6.45, 7) is 11.8. The van der Waals surface area contributed by atoms with E-state index < -0.39 is 97.5 Å². The van der Waals surface area contributed by atoms with E-state index in [9.17, 15) is 43.2 Å². The van der Waals surface area contributed by atoms with Gasteiger partial charge in [0.25, 0.3) is 0 Å². The van der Waals surface area contributed by atoms with Crippen LogP contribution in [0.5, 0.6) is 0 Å². The molecule has 0 fully saturated rings. The average Bonchev–Trinajstić information content (AvgIpc) is 0.982. The van der Waals surface area contributed by atoms with Crippen molar-refractivity contribution in [2.45, 2.75) is 407 Å². The molecule has 0 aromatic carbocycles. The van der Waals surface area contributed by atoms with Crippen LogP contribution in [0.1, 0.15) is 389 Å². The SMILES string of the molecule is CCCCCC/C=C\C=C/CCCCCCCC(=O)OC[C@H](COP(=O)(O)OCC(O)COP(=O)(O)OC[C@@H](COC(=O)CCCCCCCCCC(C)C)OC(=O)CCCCCCCCCCCCCCCCCCC(C)C)OC(=O)CCCCCCCCCCCCCCC(C)C. The first kappa shape index (κ1) is 96.5. The lowest BCUT2D eigenvalue weighted by Gasteiger charge is -2.21. The van der Waals surface area contributed by atoms with Gasteiger partial charge in [0.05, 0.1) is 26.4 Å². The third kappa shape index (κ3) is 73.6. The van der Waals surface area contributed by atoms with E-state index in [-0.39, 0.29) is 25.7 Å². The maximum atomic E-state index is 13.1. The first-order valence-electron chi connectivity index (χ1n) is 40.7. The molecule has 17 nitrogen and oxygen atoms in total. The number of ether oxygens (including phenoxy) is 4. The number of phosphoric ester groups is 2. The minimum absolute atomic E-state index is 0.0997.